The lowest BCUT2D eigenvalue weighted by Gasteiger charge is -2.53. The summed E-state index contributed by atoms with van der Waals surface area (Å²) in [6.07, 6.45) is 0.614. The van der Waals surface area contributed by atoms with E-state index in [2.05, 4.69) is 78.4 Å². The summed E-state index contributed by atoms with van der Waals surface area (Å²) in [5.74, 6) is -6.68. The summed E-state index contributed by atoms with van der Waals surface area (Å²) in [4.78, 5) is 158. The van der Waals surface area contributed by atoms with Crippen LogP contribution in [0, 0.1) is 0 Å². The second-order valence-electron chi connectivity index (χ2n) is 30.2. The van der Waals surface area contributed by atoms with Gasteiger partial charge in [-0.25, -0.2) is 24.0 Å². The molecule has 7 atom stereocenters. The van der Waals surface area contributed by atoms with Crippen molar-refractivity contribution in [1.29, 1.82) is 0 Å². The van der Waals surface area contributed by atoms with Gasteiger partial charge in [0.15, 0.2) is 15.6 Å². The van der Waals surface area contributed by atoms with Gasteiger partial charge in [0, 0.05) is 41.0 Å². The zero-order chi connectivity index (χ0) is 90.8. The van der Waals surface area contributed by atoms with Gasteiger partial charge in [-0.1, -0.05) is 250 Å². The average Bonchev–Trinajstić information content (AvgIpc) is 0.743. The molecule has 6 aromatic rings. The smallest absolute Gasteiger partial charge is 0.329 e. The number of nitrogens with two attached hydrogens (primary N) is 1. The Bertz CT molecular complexity index is 4130. The quantitative estimate of drug-likeness (QED) is 0.0100. The molecule has 6 aliphatic heterocycles. The van der Waals surface area contributed by atoms with Gasteiger partial charge in [-0.2, -0.15) is 11.1 Å². The molecular formula is C85H114ClN7O25Si2. The van der Waals surface area contributed by atoms with Gasteiger partial charge >= 0.3 is 47.8 Å². The monoisotopic (exact) mass is 1720 g/mol. The molecule has 0 bridgehead atoms. The van der Waals surface area contributed by atoms with Crippen molar-refractivity contribution in [1.82, 2.24) is 29.9 Å². The molecule has 0 aliphatic carbocycles. The number of nitrogens with zero attached hydrogens (tertiary/aromatic N) is 4. The van der Waals surface area contributed by atoms with Crippen molar-refractivity contribution in [3.63, 3.8) is 0 Å². The lowest BCUT2D eigenvalue weighted by molar-refractivity contribution is -0.167. The van der Waals surface area contributed by atoms with Gasteiger partial charge in [0.2, 0.25) is 35.4 Å². The highest BCUT2D eigenvalue weighted by Gasteiger charge is 2.54. The van der Waals surface area contributed by atoms with E-state index in [0.717, 1.165) is 54.7 Å². The number of rotatable bonds is 22. The fourth-order valence-electron chi connectivity index (χ4n) is 10.4. The third kappa shape index (κ3) is 35.2. The van der Waals surface area contributed by atoms with Crippen LogP contribution >= 0.6 is 11.1 Å². The number of benzene rings is 6. The van der Waals surface area contributed by atoms with E-state index >= 15 is 0 Å². The SMILES string of the molecule is CC(C)(C)[Si](C)(C)Cl.CC(C)(C)[Si](C)(C)N1C(=O)CC1C(=O)O.CO.CO.CO.NC(CC(=O)O)C(=O)O.O=C(O)C1CC(=O)N1Cc1ccccc1.O=C(OCc1ccccc1)C1CC(=O)N1Cc1ccccc1.O=C(OCc1ccccc1)C1CC(=O)N1Cc1ccccc1.O=C1CC(C(=O)O)N1.O=C1CC(C(=O)OCc2ccccc2)N1. The highest BCUT2D eigenvalue weighted by molar-refractivity contribution is 7.20. The number of aliphatic hydroxyl groups is 3. The third-order valence-electron chi connectivity index (χ3n) is 19.5. The molecule has 35 heteroatoms. The second kappa shape index (κ2) is 51.7. The molecule has 654 valence electrons. The average molecular weight is 1730 g/mol. The molecule has 0 saturated carbocycles. The van der Waals surface area contributed by atoms with Gasteiger partial charge in [0.1, 0.15) is 62.1 Å². The maximum Gasteiger partial charge on any atom is 0.329 e. The minimum Gasteiger partial charge on any atom is -0.481 e. The number of nitrogens with one attached hydrogen (secondary N) is 2. The molecule has 120 heavy (non-hydrogen) atoms. The number of hydrogen-bond donors (Lipinski definition) is 11. The molecule has 6 fully saturated rings. The second-order valence-corrected chi connectivity index (χ2v) is 42.6. The van der Waals surface area contributed by atoms with Crippen molar-refractivity contribution in [2.24, 2.45) is 5.73 Å². The van der Waals surface area contributed by atoms with Crippen LogP contribution in [0.3, 0.4) is 0 Å². The van der Waals surface area contributed by atoms with E-state index in [1.165, 1.54) is 4.90 Å². The van der Waals surface area contributed by atoms with Gasteiger partial charge in [0.25, 0.3) is 0 Å². The van der Waals surface area contributed by atoms with Crippen LogP contribution in [0.1, 0.15) is 120 Å². The van der Waals surface area contributed by atoms with E-state index in [4.69, 9.17) is 71.9 Å². The first-order valence-corrected chi connectivity index (χ1v) is 44.9. The van der Waals surface area contributed by atoms with E-state index in [0.29, 0.717) is 24.7 Å². The number of likely N-dealkylation sites (tertiary alicyclic amines) is 3. The Balaban J connectivity index is 0.000000471. The van der Waals surface area contributed by atoms with Crippen LogP contribution in [-0.4, -0.2) is 223 Å². The highest BCUT2D eigenvalue weighted by atomic mass is 35.6. The number of hydrogen-bond acceptors (Lipinski definition) is 21. The van der Waals surface area contributed by atoms with Crippen LogP contribution in [0.4, 0.5) is 0 Å². The largest absolute Gasteiger partial charge is 0.481 e. The van der Waals surface area contributed by atoms with Crippen molar-refractivity contribution < 1.29 is 122 Å². The molecule has 32 nitrogen and oxygen atoms in total. The van der Waals surface area contributed by atoms with Gasteiger partial charge in [-0.15, -0.1) is 0 Å². The molecule has 0 aromatic heterocycles. The van der Waals surface area contributed by atoms with Crippen molar-refractivity contribution in [3.8, 4) is 0 Å². The van der Waals surface area contributed by atoms with Gasteiger partial charge in [0.05, 0.1) is 44.9 Å². The molecule has 12 rings (SSSR count). The number of esters is 3. The van der Waals surface area contributed by atoms with Gasteiger partial charge < -0.3 is 90.7 Å². The maximum absolute atomic E-state index is 12.1. The molecule has 6 amide bonds. The molecule has 0 spiro atoms. The Hall–Kier alpha value is -11.5. The van der Waals surface area contributed by atoms with Crippen LogP contribution < -0.4 is 16.4 Å². The first kappa shape index (κ1) is 105. The van der Waals surface area contributed by atoms with E-state index in [1.807, 2.05) is 182 Å². The van der Waals surface area contributed by atoms with Crippen molar-refractivity contribution >= 4 is 110 Å². The molecule has 6 aliphatic rings. The van der Waals surface area contributed by atoms with Crippen LogP contribution in [0.2, 0.25) is 36.3 Å². The van der Waals surface area contributed by atoms with Gasteiger partial charge in [-0.3, -0.25) is 43.2 Å². The summed E-state index contributed by atoms with van der Waals surface area (Å²) >= 11 is 6.15. The summed E-state index contributed by atoms with van der Waals surface area (Å²) in [6, 6.07) is 52.6. The summed E-state index contributed by atoms with van der Waals surface area (Å²) in [5.41, 5.74) is 10.6. The first-order valence-electron chi connectivity index (χ1n) is 37.9. The zero-order valence-corrected chi connectivity index (χ0v) is 72.6. The number of ether oxygens (including phenoxy) is 3. The number of carbonyl (C=O) groups is 14. The number of aliphatic carboxylic acids is 5. The number of carboxylic acid groups (broad SMARTS) is 5. The van der Waals surface area contributed by atoms with Crippen molar-refractivity contribution in [3.05, 3.63) is 215 Å². The fourth-order valence-corrected chi connectivity index (χ4v) is 12.8. The molecular weight excluding hydrogens is 1610 g/mol. The molecule has 0 radical (unpaired) electrons. The molecule has 12 N–H and O–H groups in total. The molecule has 6 heterocycles. The minimum absolute atomic E-state index is 0.00319. The lowest BCUT2D eigenvalue weighted by atomic mass is 10.0. The maximum atomic E-state index is 12.1. The Morgan fingerprint density at radius 2 is 0.658 bits per heavy atom. The predicted octanol–water partition coefficient (Wildman–Crippen LogP) is 8.12. The van der Waals surface area contributed by atoms with Crippen LogP contribution in [0.25, 0.3) is 0 Å². The minimum atomic E-state index is -2.01. The van der Waals surface area contributed by atoms with Crippen LogP contribution in [0.5, 0.6) is 0 Å². The summed E-state index contributed by atoms with van der Waals surface area (Å²) < 4.78 is 17.3. The Labute approximate surface area is 705 Å². The van der Waals surface area contributed by atoms with Crippen molar-refractivity contribution in [2.75, 3.05) is 21.3 Å². The fraction of sp³-hybridized carbons (Fsp3) is 0.412. The Morgan fingerprint density at radius 3 is 0.875 bits per heavy atom. The summed E-state index contributed by atoms with van der Waals surface area (Å²) in [7, 11) is -0.394. The van der Waals surface area contributed by atoms with E-state index in [-0.39, 0.29) is 117 Å². The number of aliphatic hydroxyl groups excluding tert-OH is 3. The number of β-lactam (4-membered cyclic amide) rings is 6. The normalized spacial score (nSPS) is 17.7. The van der Waals surface area contributed by atoms with Crippen LogP contribution in [0.15, 0.2) is 182 Å². The van der Waals surface area contributed by atoms with E-state index < -0.39 is 94.2 Å². The van der Waals surface area contributed by atoms with E-state index in [1.54, 1.807) is 14.4 Å². The third-order valence-corrected chi connectivity index (χ3v) is 30.2. The number of carbonyl (C=O) groups excluding carboxylic acids is 9. The summed E-state index contributed by atoms with van der Waals surface area (Å²) in [6.45, 7) is 23.3. The number of carboxylic acids is 5. The zero-order valence-electron chi connectivity index (χ0n) is 69.8. The molecule has 7 unspecified atom stereocenters. The van der Waals surface area contributed by atoms with E-state index in [9.17, 15) is 67.1 Å². The lowest BCUT2D eigenvalue weighted by Crippen LogP contribution is -2.70. The highest BCUT2D eigenvalue weighted by Crippen LogP contribution is 2.43. The molecule has 6 saturated heterocycles. The summed E-state index contributed by atoms with van der Waals surface area (Å²) in [5, 5.41) is 68.0. The van der Waals surface area contributed by atoms with Crippen LogP contribution in [-0.2, 0) is 121 Å². The predicted molar refractivity (Wildman–Crippen MR) is 449 cm³/mol. The Kier molecular flexibility index (Phi) is 45.1. The van der Waals surface area contributed by atoms with Crippen molar-refractivity contribution in [2.45, 2.75) is 205 Å². The number of halogens is 1. The molecule has 6 aromatic carbocycles. The Morgan fingerprint density at radius 1 is 0.400 bits per heavy atom. The first-order chi connectivity index (χ1) is 56.5. The topological polar surface area (TPSA) is 492 Å². The van der Waals surface area contributed by atoms with Gasteiger partial charge in [-0.05, 0) is 43.5 Å². The number of amides is 6. The standard InChI is InChI=1S/2C18H17NO3.2C11H11NO3.C10H19NO3Si.C6H15ClSi.C4H7NO4.C4H5NO3.3CH4O/c2*20-17-11-16(19(17)12-14-7-3-1-4-8-14)18(21)22-13-15-9-5-2-6-10-15;13-10-6-9(12-10)11(14)15-7-8-4-2-1-3-5-8;13-10-6-9(11(14)15)12(10)7-8-4-2-1-3-5-8;1-10(2,3)15(4,5)11-7(9(13)14)6-8(11)12;1-6(2,3)8(4,5)7;5-2(4(8)9)1-3(6)7;6-3-1-2(5-3)4(7)8;3*1-2/h2*1-10,16H,11-13H2;1-5,9H,6-7H2,(H,12,13);1-5,9H,6-7H2,(H,14,15);7H,6H2,1-5H3,(H,13,14);1-5H3;2H,1,5H2,(H,6,7)(H,8,9);2H,1H2,(H,5,6)(H,7,8);3*2H,1H3.